The first-order chi connectivity index (χ1) is 9.08. The Morgan fingerprint density at radius 2 is 2.32 bits per heavy atom. The minimum Gasteiger partial charge on any atom is -0.376 e. The minimum atomic E-state index is 0.210. The maximum absolute atomic E-state index is 6.08. The molecule has 1 aromatic rings. The van der Waals surface area contributed by atoms with Gasteiger partial charge in [-0.3, -0.25) is 0 Å². The summed E-state index contributed by atoms with van der Waals surface area (Å²) in [4.78, 5) is 0. The third-order valence-electron chi connectivity index (χ3n) is 3.40. The van der Waals surface area contributed by atoms with E-state index >= 15 is 0 Å². The average molecular weight is 299 g/mol. The Kier molecular flexibility index (Phi) is 5.02. The number of benzene rings is 1. The topological polar surface area (TPSA) is 33.3 Å². The van der Waals surface area contributed by atoms with Gasteiger partial charge in [0.1, 0.15) is 0 Å². The van der Waals surface area contributed by atoms with Crippen LogP contribution in [0.15, 0.2) is 18.2 Å². The molecule has 0 spiro atoms. The molecule has 0 radical (unpaired) electrons. The van der Waals surface area contributed by atoms with Gasteiger partial charge in [-0.1, -0.05) is 17.7 Å². The molecule has 2 N–H and O–H groups in total. The second-order valence-corrected chi connectivity index (χ2v) is 5.67. The van der Waals surface area contributed by atoms with Crippen molar-refractivity contribution in [2.75, 3.05) is 11.9 Å². The highest BCUT2D eigenvalue weighted by Crippen LogP contribution is 2.23. The average Bonchev–Trinajstić information content (AvgIpc) is 2.88. The van der Waals surface area contributed by atoms with Gasteiger partial charge in [0.15, 0.2) is 5.11 Å². The van der Waals surface area contributed by atoms with Crippen molar-refractivity contribution in [3.05, 3.63) is 28.8 Å². The predicted molar refractivity (Wildman–Crippen MR) is 84.0 cm³/mol. The van der Waals surface area contributed by atoms with Crippen LogP contribution in [0.4, 0.5) is 5.69 Å². The zero-order chi connectivity index (χ0) is 13.8. The number of hydrogen-bond acceptors (Lipinski definition) is 2. The molecule has 1 fully saturated rings. The zero-order valence-electron chi connectivity index (χ0n) is 11.2. The summed E-state index contributed by atoms with van der Waals surface area (Å²) in [6.07, 6.45) is 2.47. The third-order valence-corrected chi connectivity index (χ3v) is 4.03. The smallest absolute Gasteiger partial charge is 0.171 e. The first-order valence-electron chi connectivity index (χ1n) is 6.52. The van der Waals surface area contributed by atoms with Crippen LogP contribution in [0.1, 0.15) is 25.3 Å². The molecule has 1 aromatic carbocycles. The number of rotatable bonds is 3. The summed E-state index contributed by atoms with van der Waals surface area (Å²) in [5.41, 5.74) is 1.93. The molecule has 19 heavy (non-hydrogen) atoms. The Bertz CT molecular complexity index is 461. The van der Waals surface area contributed by atoms with Gasteiger partial charge >= 0.3 is 0 Å². The normalized spacial score (nSPS) is 20.1. The first kappa shape index (κ1) is 14.6. The van der Waals surface area contributed by atoms with Gasteiger partial charge in [0, 0.05) is 17.3 Å². The van der Waals surface area contributed by atoms with Gasteiger partial charge in [-0.15, -0.1) is 0 Å². The Hall–Kier alpha value is -0.840. The van der Waals surface area contributed by atoms with Crippen LogP contribution in [-0.2, 0) is 4.74 Å². The SMILES string of the molecule is Cc1c(Cl)cccc1NC(=S)N[C@H](C)[C@@H]1CCCO1. The molecule has 1 aliphatic rings. The van der Waals surface area contributed by atoms with E-state index in [-0.39, 0.29) is 12.1 Å². The summed E-state index contributed by atoms with van der Waals surface area (Å²) >= 11 is 11.4. The quantitative estimate of drug-likeness (QED) is 0.837. The van der Waals surface area contributed by atoms with Crippen molar-refractivity contribution >= 4 is 34.6 Å². The van der Waals surface area contributed by atoms with Crippen LogP contribution in [0.5, 0.6) is 0 Å². The molecule has 2 atom stereocenters. The third kappa shape index (κ3) is 3.81. The molecule has 0 saturated carbocycles. The van der Waals surface area contributed by atoms with Gasteiger partial charge in [0.25, 0.3) is 0 Å². The molecular formula is C14H19ClN2OS. The van der Waals surface area contributed by atoms with Crippen LogP contribution in [0.25, 0.3) is 0 Å². The van der Waals surface area contributed by atoms with Crippen molar-refractivity contribution in [3.8, 4) is 0 Å². The summed E-state index contributed by atoms with van der Waals surface area (Å²) in [6.45, 7) is 4.91. The molecule has 0 bridgehead atoms. The van der Waals surface area contributed by atoms with E-state index in [1.54, 1.807) is 0 Å². The minimum absolute atomic E-state index is 0.210. The molecule has 1 aliphatic heterocycles. The van der Waals surface area contributed by atoms with Crippen LogP contribution in [-0.4, -0.2) is 23.9 Å². The largest absolute Gasteiger partial charge is 0.376 e. The molecule has 0 aliphatic carbocycles. The lowest BCUT2D eigenvalue weighted by molar-refractivity contribution is 0.0895. The van der Waals surface area contributed by atoms with Crippen molar-refractivity contribution in [2.45, 2.75) is 38.8 Å². The molecule has 5 heteroatoms. The van der Waals surface area contributed by atoms with E-state index in [4.69, 9.17) is 28.6 Å². The Balaban J connectivity index is 1.91. The lowest BCUT2D eigenvalue weighted by Gasteiger charge is -2.22. The maximum atomic E-state index is 6.08. The Labute approximate surface area is 124 Å². The van der Waals surface area contributed by atoms with E-state index in [1.165, 1.54) is 0 Å². The highest BCUT2D eigenvalue weighted by atomic mass is 35.5. The van der Waals surface area contributed by atoms with E-state index in [0.717, 1.165) is 35.7 Å². The van der Waals surface area contributed by atoms with Gasteiger partial charge in [-0.2, -0.15) is 0 Å². The van der Waals surface area contributed by atoms with Crippen LogP contribution in [0, 0.1) is 6.92 Å². The zero-order valence-corrected chi connectivity index (χ0v) is 12.8. The first-order valence-corrected chi connectivity index (χ1v) is 7.31. The fourth-order valence-corrected chi connectivity index (χ4v) is 2.67. The van der Waals surface area contributed by atoms with Gasteiger partial charge < -0.3 is 15.4 Å². The molecule has 3 nitrogen and oxygen atoms in total. The van der Waals surface area contributed by atoms with Crippen LogP contribution < -0.4 is 10.6 Å². The van der Waals surface area contributed by atoms with Gasteiger partial charge in [-0.25, -0.2) is 0 Å². The molecule has 0 amide bonds. The molecule has 2 rings (SSSR count). The molecule has 1 saturated heterocycles. The summed E-state index contributed by atoms with van der Waals surface area (Å²) < 4.78 is 5.64. The predicted octanol–water partition coefficient (Wildman–Crippen LogP) is 3.50. The summed E-state index contributed by atoms with van der Waals surface area (Å²) in [5, 5.41) is 7.80. The molecule has 0 aromatic heterocycles. The molecule has 104 valence electrons. The van der Waals surface area contributed by atoms with Crippen molar-refractivity contribution in [1.82, 2.24) is 5.32 Å². The van der Waals surface area contributed by atoms with E-state index in [1.807, 2.05) is 25.1 Å². The monoisotopic (exact) mass is 298 g/mol. The van der Waals surface area contributed by atoms with Gasteiger partial charge in [-0.05, 0) is 56.6 Å². The fraction of sp³-hybridized carbons (Fsp3) is 0.500. The number of halogens is 1. The van der Waals surface area contributed by atoms with Crippen molar-refractivity contribution in [1.29, 1.82) is 0 Å². The second kappa shape index (κ2) is 6.55. The van der Waals surface area contributed by atoms with Crippen molar-refractivity contribution in [3.63, 3.8) is 0 Å². The van der Waals surface area contributed by atoms with Crippen molar-refractivity contribution < 1.29 is 4.74 Å². The molecule has 1 heterocycles. The summed E-state index contributed by atoms with van der Waals surface area (Å²) in [6, 6.07) is 5.95. The van der Waals surface area contributed by atoms with Crippen LogP contribution in [0.3, 0.4) is 0 Å². The Morgan fingerprint density at radius 1 is 1.53 bits per heavy atom. The lowest BCUT2D eigenvalue weighted by atomic mass is 10.1. The second-order valence-electron chi connectivity index (χ2n) is 4.85. The fourth-order valence-electron chi connectivity index (χ4n) is 2.20. The van der Waals surface area contributed by atoms with E-state index in [2.05, 4.69) is 17.6 Å². The summed E-state index contributed by atoms with van der Waals surface area (Å²) in [7, 11) is 0. The van der Waals surface area contributed by atoms with E-state index in [0.29, 0.717) is 5.11 Å². The number of nitrogens with one attached hydrogen (secondary N) is 2. The number of hydrogen-bond donors (Lipinski definition) is 2. The van der Waals surface area contributed by atoms with Gasteiger partial charge in [0.2, 0.25) is 0 Å². The van der Waals surface area contributed by atoms with Gasteiger partial charge in [0.05, 0.1) is 12.1 Å². The van der Waals surface area contributed by atoms with E-state index in [9.17, 15) is 0 Å². The highest BCUT2D eigenvalue weighted by Gasteiger charge is 2.22. The number of anilines is 1. The maximum Gasteiger partial charge on any atom is 0.171 e. The summed E-state index contributed by atoms with van der Waals surface area (Å²) in [5.74, 6) is 0. The number of thiocarbonyl (C=S) groups is 1. The van der Waals surface area contributed by atoms with Crippen LogP contribution in [0.2, 0.25) is 5.02 Å². The molecule has 0 unspecified atom stereocenters. The van der Waals surface area contributed by atoms with Crippen LogP contribution >= 0.6 is 23.8 Å². The van der Waals surface area contributed by atoms with Crippen molar-refractivity contribution in [2.24, 2.45) is 0 Å². The number of ether oxygens (including phenoxy) is 1. The Morgan fingerprint density at radius 3 is 3.00 bits per heavy atom. The van der Waals surface area contributed by atoms with E-state index < -0.39 is 0 Å². The highest BCUT2D eigenvalue weighted by molar-refractivity contribution is 7.80. The molecular weight excluding hydrogens is 280 g/mol. The standard InChI is InChI=1S/C14H19ClN2OS/c1-9-11(15)5-3-6-12(9)17-14(19)16-10(2)13-7-4-8-18-13/h3,5-6,10,13H,4,7-8H2,1-2H3,(H2,16,17,19)/t10-,13+/m1/s1. The lowest BCUT2D eigenvalue weighted by Crippen LogP contribution is -2.42.